The smallest absolute Gasteiger partial charge is 0.272 e. The molecular formula is C21H24N6O2. The zero-order valence-corrected chi connectivity index (χ0v) is 16.9. The molecule has 2 amide bonds. The van der Waals surface area contributed by atoms with Crippen LogP contribution in [0.15, 0.2) is 48.9 Å². The molecular weight excluding hydrogens is 368 g/mol. The number of carbonyl (C=O) groups is 2. The predicted molar refractivity (Wildman–Crippen MR) is 109 cm³/mol. The van der Waals surface area contributed by atoms with Crippen LogP contribution in [0.1, 0.15) is 43.7 Å². The zero-order valence-electron chi connectivity index (χ0n) is 16.9. The number of nitrogens with zero attached hydrogens (tertiary/aromatic N) is 4. The molecule has 0 atom stereocenters. The number of hydrogen-bond acceptors (Lipinski definition) is 5. The summed E-state index contributed by atoms with van der Waals surface area (Å²) in [6.07, 6.45) is 5.04. The van der Waals surface area contributed by atoms with E-state index in [1.54, 1.807) is 35.4 Å². The highest BCUT2D eigenvalue weighted by Crippen LogP contribution is 2.23. The van der Waals surface area contributed by atoms with Crippen LogP contribution >= 0.6 is 0 Å². The summed E-state index contributed by atoms with van der Waals surface area (Å²) in [6, 6.07) is 9.10. The lowest BCUT2D eigenvalue weighted by Gasteiger charge is -2.19. The third-order valence-corrected chi connectivity index (χ3v) is 3.95. The van der Waals surface area contributed by atoms with Crippen LogP contribution in [0.3, 0.4) is 0 Å². The van der Waals surface area contributed by atoms with Gasteiger partial charge in [0.2, 0.25) is 5.91 Å². The zero-order chi connectivity index (χ0) is 21.0. The third-order valence-electron chi connectivity index (χ3n) is 3.95. The summed E-state index contributed by atoms with van der Waals surface area (Å²) in [6.45, 7) is 7.62. The van der Waals surface area contributed by atoms with Gasteiger partial charge in [0.15, 0.2) is 5.69 Å². The molecule has 150 valence electrons. The van der Waals surface area contributed by atoms with Crippen molar-refractivity contribution in [3.8, 4) is 17.1 Å². The van der Waals surface area contributed by atoms with Gasteiger partial charge in [0.1, 0.15) is 0 Å². The molecule has 0 aliphatic heterocycles. The van der Waals surface area contributed by atoms with Crippen molar-refractivity contribution in [2.24, 2.45) is 0 Å². The molecule has 0 aromatic carbocycles. The molecule has 0 aliphatic rings. The maximum Gasteiger partial charge on any atom is 0.272 e. The van der Waals surface area contributed by atoms with E-state index in [4.69, 9.17) is 0 Å². The highest BCUT2D eigenvalue weighted by atomic mass is 16.2. The minimum atomic E-state index is -0.376. The molecule has 0 aliphatic carbocycles. The summed E-state index contributed by atoms with van der Waals surface area (Å²) in [7, 11) is 0. The maximum atomic E-state index is 12.6. The van der Waals surface area contributed by atoms with Crippen molar-refractivity contribution < 1.29 is 9.59 Å². The highest BCUT2D eigenvalue weighted by molar-refractivity contribution is 5.94. The second-order valence-electron chi connectivity index (χ2n) is 7.70. The summed E-state index contributed by atoms with van der Waals surface area (Å²) < 4.78 is 1.65. The van der Waals surface area contributed by atoms with Crippen LogP contribution in [-0.4, -0.2) is 37.1 Å². The molecule has 0 saturated heterocycles. The van der Waals surface area contributed by atoms with Crippen molar-refractivity contribution in [2.45, 2.75) is 39.8 Å². The van der Waals surface area contributed by atoms with Gasteiger partial charge in [0.05, 0.1) is 23.3 Å². The first-order valence-corrected chi connectivity index (χ1v) is 9.26. The van der Waals surface area contributed by atoms with Gasteiger partial charge in [-0.25, -0.2) is 4.68 Å². The average molecular weight is 392 g/mol. The Morgan fingerprint density at radius 1 is 1.14 bits per heavy atom. The van der Waals surface area contributed by atoms with Gasteiger partial charge in [-0.3, -0.25) is 19.6 Å². The Balaban J connectivity index is 1.98. The van der Waals surface area contributed by atoms with Crippen molar-refractivity contribution in [2.75, 3.05) is 0 Å². The second kappa shape index (κ2) is 8.22. The average Bonchev–Trinajstić information content (AvgIpc) is 3.12. The Morgan fingerprint density at radius 3 is 2.52 bits per heavy atom. The number of nitrogens with one attached hydrogen (secondary N) is 2. The number of rotatable bonds is 5. The van der Waals surface area contributed by atoms with E-state index < -0.39 is 0 Å². The first-order chi connectivity index (χ1) is 13.7. The largest absolute Gasteiger partial charge is 0.352 e. The van der Waals surface area contributed by atoms with Gasteiger partial charge in [-0.2, -0.15) is 5.10 Å². The quantitative estimate of drug-likeness (QED) is 0.695. The van der Waals surface area contributed by atoms with Crippen LogP contribution in [0.25, 0.3) is 17.1 Å². The van der Waals surface area contributed by atoms with Gasteiger partial charge in [0.25, 0.3) is 5.91 Å². The number of hydrogen-bond donors (Lipinski definition) is 2. The summed E-state index contributed by atoms with van der Waals surface area (Å²) in [5.41, 5.74) is 2.84. The molecule has 3 heterocycles. The van der Waals surface area contributed by atoms with Gasteiger partial charge in [0, 0.05) is 31.4 Å². The number of amides is 2. The van der Waals surface area contributed by atoms with Crippen molar-refractivity contribution in [3.05, 3.63) is 60.2 Å². The van der Waals surface area contributed by atoms with Crippen LogP contribution in [-0.2, 0) is 11.3 Å². The van der Waals surface area contributed by atoms with Gasteiger partial charge in [-0.15, -0.1) is 0 Å². The van der Waals surface area contributed by atoms with Gasteiger partial charge < -0.3 is 10.6 Å². The van der Waals surface area contributed by atoms with Crippen LogP contribution in [0, 0.1) is 0 Å². The van der Waals surface area contributed by atoms with Gasteiger partial charge in [-0.05, 0) is 50.6 Å². The predicted octanol–water partition coefficient (Wildman–Crippen LogP) is 2.49. The molecule has 2 N–H and O–H groups in total. The Labute approximate surface area is 169 Å². The monoisotopic (exact) mass is 392 g/mol. The Kier molecular flexibility index (Phi) is 5.72. The van der Waals surface area contributed by atoms with Crippen LogP contribution < -0.4 is 10.6 Å². The third kappa shape index (κ3) is 5.25. The van der Waals surface area contributed by atoms with E-state index in [2.05, 4.69) is 25.7 Å². The van der Waals surface area contributed by atoms with Gasteiger partial charge >= 0.3 is 0 Å². The summed E-state index contributed by atoms with van der Waals surface area (Å²) in [5, 5.41) is 10.2. The van der Waals surface area contributed by atoms with E-state index in [9.17, 15) is 9.59 Å². The van der Waals surface area contributed by atoms with Crippen molar-refractivity contribution in [1.82, 2.24) is 30.4 Å². The molecule has 8 nitrogen and oxygen atoms in total. The van der Waals surface area contributed by atoms with Crippen molar-refractivity contribution in [1.29, 1.82) is 0 Å². The lowest BCUT2D eigenvalue weighted by atomic mass is 10.1. The standard InChI is InChI=1S/C21H24N6O2/c1-14(28)23-11-15-7-8-17(24-12-15)19-10-18(20(29)25-21(2,3)4)26-27(19)16-6-5-9-22-13-16/h5-10,12-13H,11H2,1-4H3,(H,23,28)(H,25,29). The van der Waals surface area contributed by atoms with E-state index in [0.29, 0.717) is 23.6 Å². The van der Waals surface area contributed by atoms with Gasteiger partial charge in [-0.1, -0.05) is 6.07 Å². The topological polar surface area (TPSA) is 102 Å². The van der Waals surface area contributed by atoms with Crippen LogP contribution in [0.4, 0.5) is 0 Å². The molecule has 0 fully saturated rings. The van der Waals surface area contributed by atoms with E-state index in [0.717, 1.165) is 11.3 Å². The lowest BCUT2D eigenvalue weighted by molar-refractivity contribution is -0.119. The molecule has 8 heteroatoms. The summed E-state index contributed by atoms with van der Waals surface area (Å²) >= 11 is 0. The second-order valence-corrected chi connectivity index (χ2v) is 7.70. The van der Waals surface area contributed by atoms with E-state index >= 15 is 0 Å². The maximum absolute atomic E-state index is 12.6. The molecule has 0 unspecified atom stereocenters. The van der Waals surface area contributed by atoms with E-state index in [1.807, 2.05) is 39.0 Å². The number of pyridine rings is 2. The minimum Gasteiger partial charge on any atom is -0.352 e. The van der Waals surface area contributed by atoms with Crippen LogP contribution in [0.2, 0.25) is 0 Å². The Bertz CT molecular complexity index is 1000. The molecule has 29 heavy (non-hydrogen) atoms. The first kappa shape index (κ1) is 20.2. The molecule has 3 aromatic heterocycles. The molecule has 0 spiro atoms. The number of carbonyl (C=O) groups excluding carboxylic acids is 2. The summed E-state index contributed by atoms with van der Waals surface area (Å²) in [4.78, 5) is 32.4. The fourth-order valence-electron chi connectivity index (χ4n) is 2.66. The first-order valence-electron chi connectivity index (χ1n) is 9.26. The fraction of sp³-hybridized carbons (Fsp3) is 0.286. The molecule has 3 rings (SSSR count). The molecule has 3 aromatic rings. The Morgan fingerprint density at radius 2 is 1.93 bits per heavy atom. The molecule has 0 saturated carbocycles. The SMILES string of the molecule is CC(=O)NCc1ccc(-c2cc(C(=O)NC(C)(C)C)nn2-c2cccnc2)nc1. The highest BCUT2D eigenvalue weighted by Gasteiger charge is 2.21. The van der Waals surface area contributed by atoms with E-state index in [-0.39, 0.29) is 17.4 Å². The van der Waals surface area contributed by atoms with E-state index in [1.165, 1.54) is 6.92 Å². The minimum absolute atomic E-state index is 0.0989. The lowest BCUT2D eigenvalue weighted by Crippen LogP contribution is -2.40. The van der Waals surface area contributed by atoms with Crippen molar-refractivity contribution >= 4 is 11.8 Å². The normalized spacial score (nSPS) is 11.2. The molecule has 0 radical (unpaired) electrons. The fourth-order valence-corrected chi connectivity index (χ4v) is 2.66. The summed E-state index contributed by atoms with van der Waals surface area (Å²) in [5.74, 6) is -0.359. The Hall–Kier alpha value is -3.55. The van der Waals surface area contributed by atoms with Crippen molar-refractivity contribution in [3.63, 3.8) is 0 Å². The molecule has 0 bridgehead atoms. The van der Waals surface area contributed by atoms with Crippen LogP contribution in [0.5, 0.6) is 0 Å². The number of aromatic nitrogens is 4.